The molecule has 1 aromatic rings. The summed E-state index contributed by atoms with van der Waals surface area (Å²) in [6, 6.07) is 9.02. The lowest BCUT2D eigenvalue weighted by atomic mass is 10.3. The van der Waals surface area contributed by atoms with Crippen LogP contribution in [0, 0.1) is 0 Å². The van der Waals surface area contributed by atoms with E-state index in [1.807, 2.05) is 23.1 Å². The molecule has 3 rings (SSSR count). The summed E-state index contributed by atoms with van der Waals surface area (Å²) in [6.45, 7) is 2.77. The summed E-state index contributed by atoms with van der Waals surface area (Å²) >= 11 is 6.72. The molecule has 5 nitrogen and oxygen atoms in total. The second kappa shape index (κ2) is 6.76. The third kappa shape index (κ3) is 3.16. The number of imide groups is 1. The zero-order valence-corrected chi connectivity index (χ0v) is 13.6. The number of rotatable bonds is 2. The largest absolute Gasteiger partial charge is 0.378 e. The lowest BCUT2D eigenvalue weighted by Crippen LogP contribution is -2.39. The van der Waals surface area contributed by atoms with Gasteiger partial charge in [0.1, 0.15) is 9.57 Å². The van der Waals surface area contributed by atoms with Crippen molar-refractivity contribution in [3.63, 3.8) is 0 Å². The van der Waals surface area contributed by atoms with Gasteiger partial charge in [-0.15, -0.1) is 0 Å². The minimum atomic E-state index is -0.428. The van der Waals surface area contributed by atoms with Crippen molar-refractivity contribution in [1.82, 2.24) is 4.90 Å². The molecule has 2 heterocycles. The van der Waals surface area contributed by atoms with E-state index in [9.17, 15) is 9.59 Å². The molecule has 0 spiro atoms. The van der Waals surface area contributed by atoms with Gasteiger partial charge in [-0.3, -0.25) is 9.59 Å². The number of hydrogen-bond acceptors (Lipinski definition) is 5. The number of nitrogens with zero attached hydrogens (tertiary/aromatic N) is 2. The van der Waals surface area contributed by atoms with Crippen LogP contribution in [0.1, 0.15) is 6.42 Å². The van der Waals surface area contributed by atoms with Crippen LogP contribution in [-0.4, -0.2) is 52.6 Å². The molecule has 2 amide bonds. The lowest BCUT2D eigenvalue weighted by Gasteiger charge is -2.29. The van der Waals surface area contributed by atoms with Gasteiger partial charge in [0, 0.05) is 19.5 Å². The minimum Gasteiger partial charge on any atom is -0.378 e. The molecule has 2 aliphatic rings. The second-order valence-corrected chi connectivity index (χ2v) is 6.92. The van der Waals surface area contributed by atoms with Crippen LogP contribution in [0.2, 0.25) is 0 Å². The van der Waals surface area contributed by atoms with E-state index in [0.717, 1.165) is 13.1 Å². The first-order valence-electron chi connectivity index (χ1n) is 7.12. The smallest absolute Gasteiger partial charge is 0.247 e. The highest BCUT2D eigenvalue weighted by Crippen LogP contribution is 2.31. The highest BCUT2D eigenvalue weighted by atomic mass is 32.2. The zero-order chi connectivity index (χ0) is 15.5. The Kier molecular flexibility index (Phi) is 4.75. The van der Waals surface area contributed by atoms with Crippen LogP contribution in [0.25, 0.3) is 0 Å². The molecule has 0 aromatic heterocycles. The predicted molar refractivity (Wildman–Crippen MR) is 89.9 cm³/mol. The molecule has 0 saturated carbocycles. The first-order chi connectivity index (χ1) is 10.7. The van der Waals surface area contributed by atoms with Crippen molar-refractivity contribution < 1.29 is 14.3 Å². The predicted octanol–water partition coefficient (Wildman–Crippen LogP) is 1.67. The number of benzene rings is 1. The SMILES string of the molecule is O=C1C[C@H](SC(=S)N2CCOCC2)C(=O)N1c1ccccc1. The monoisotopic (exact) mass is 336 g/mol. The number of morpholine rings is 1. The topological polar surface area (TPSA) is 49.9 Å². The molecule has 0 unspecified atom stereocenters. The molecule has 0 N–H and O–H groups in total. The number of amides is 2. The Bertz CT molecular complexity index is 588. The Labute approximate surface area is 138 Å². The zero-order valence-electron chi connectivity index (χ0n) is 11.9. The van der Waals surface area contributed by atoms with Gasteiger partial charge in [-0.1, -0.05) is 42.2 Å². The quantitative estimate of drug-likeness (QED) is 0.605. The number of carbonyl (C=O) groups is 2. The number of thiocarbonyl (C=S) groups is 1. The van der Waals surface area contributed by atoms with Gasteiger partial charge in [-0.25, -0.2) is 4.90 Å². The van der Waals surface area contributed by atoms with E-state index >= 15 is 0 Å². The fourth-order valence-electron chi connectivity index (χ4n) is 2.49. The Morgan fingerprint density at radius 3 is 2.55 bits per heavy atom. The standard InChI is InChI=1S/C15H16N2O3S2/c18-13-10-12(22-15(21)16-6-8-20-9-7-16)14(19)17(13)11-4-2-1-3-5-11/h1-5,12H,6-10H2/t12-/m0/s1. The minimum absolute atomic E-state index is 0.168. The summed E-state index contributed by atoms with van der Waals surface area (Å²) in [5.41, 5.74) is 0.623. The molecule has 116 valence electrons. The van der Waals surface area contributed by atoms with Gasteiger partial charge in [0.25, 0.3) is 0 Å². The van der Waals surface area contributed by atoms with Crippen LogP contribution in [0.5, 0.6) is 0 Å². The molecule has 0 aliphatic carbocycles. The molecule has 22 heavy (non-hydrogen) atoms. The van der Waals surface area contributed by atoms with Crippen LogP contribution in [-0.2, 0) is 14.3 Å². The van der Waals surface area contributed by atoms with Crippen LogP contribution >= 0.6 is 24.0 Å². The van der Waals surface area contributed by atoms with Gasteiger partial charge in [0.2, 0.25) is 11.8 Å². The molecular weight excluding hydrogens is 320 g/mol. The molecule has 1 atom stereocenters. The third-order valence-electron chi connectivity index (χ3n) is 3.63. The molecular formula is C15H16N2O3S2. The van der Waals surface area contributed by atoms with Gasteiger partial charge >= 0.3 is 0 Å². The van der Waals surface area contributed by atoms with Gasteiger partial charge in [-0.05, 0) is 12.1 Å². The maximum absolute atomic E-state index is 12.5. The van der Waals surface area contributed by atoms with Crippen LogP contribution < -0.4 is 4.90 Å². The van der Waals surface area contributed by atoms with Crippen LogP contribution in [0.15, 0.2) is 30.3 Å². The van der Waals surface area contributed by atoms with Crippen LogP contribution in [0.3, 0.4) is 0 Å². The number of ether oxygens (including phenoxy) is 1. The van der Waals surface area contributed by atoms with Crippen molar-refractivity contribution in [3.05, 3.63) is 30.3 Å². The summed E-state index contributed by atoms with van der Waals surface area (Å²) in [4.78, 5) is 28.0. The highest BCUT2D eigenvalue weighted by Gasteiger charge is 2.41. The Morgan fingerprint density at radius 1 is 1.18 bits per heavy atom. The molecule has 2 fully saturated rings. The fraction of sp³-hybridized carbons (Fsp3) is 0.400. The number of anilines is 1. The molecule has 7 heteroatoms. The van der Waals surface area contributed by atoms with E-state index in [2.05, 4.69) is 0 Å². The average molecular weight is 336 g/mol. The van der Waals surface area contributed by atoms with Gasteiger partial charge < -0.3 is 9.64 Å². The Hall–Kier alpha value is -1.44. The number of thioether (sulfide) groups is 1. The van der Waals surface area contributed by atoms with Gasteiger partial charge in [0.15, 0.2) is 0 Å². The van der Waals surface area contributed by atoms with Gasteiger partial charge in [0.05, 0.1) is 18.9 Å². The van der Waals surface area contributed by atoms with Crippen molar-refractivity contribution in [2.24, 2.45) is 0 Å². The number of hydrogen-bond donors (Lipinski definition) is 0. The molecule has 0 radical (unpaired) electrons. The van der Waals surface area contributed by atoms with Crippen molar-refractivity contribution in [2.75, 3.05) is 31.2 Å². The van der Waals surface area contributed by atoms with E-state index in [-0.39, 0.29) is 18.2 Å². The van der Waals surface area contributed by atoms with E-state index < -0.39 is 5.25 Å². The summed E-state index contributed by atoms with van der Waals surface area (Å²) < 4.78 is 5.96. The fourth-order valence-corrected chi connectivity index (χ4v) is 4.02. The molecule has 2 saturated heterocycles. The van der Waals surface area contributed by atoms with Crippen molar-refractivity contribution >= 4 is 45.8 Å². The highest BCUT2D eigenvalue weighted by molar-refractivity contribution is 8.23. The van der Waals surface area contributed by atoms with Gasteiger partial charge in [-0.2, -0.15) is 0 Å². The summed E-state index contributed by atoms with van der Waals surface area (Å²) in [5, 5.41) is -0.428. The lowest BCUT2D eigenvalue weighted by molar-refractivity contribution is -0.121. The summed E-state index contributed by atoms with van der Waals surface area (Å²) in [5.74, 6) is -0.352. The third-order valence-corrected chi connectivity index (χ3v) is 5.29. The molecule has 2 aliphatic heterocycles. The van der Waals surface area contributed by atoms with Crippen molar-refractivity contribution in [1.29, 1.82) is 0 Å². The second-order valence-electron chi connectivity index (χ2n) is 5.08. The Balaban J connectivity index is 1.67. The number of para-hydroxylation sites is 1. The first kappa shape index (κ1) is 15.5. The van der Waals surface area contributed by atoms with Crippen LogP contribution in [0.4, 0.5) is 5.69 Å². The van der Waals surface area contributed by atoms with E-state index in [0.29, 0.717) is 23.2 Å². The normalized spacial score (nSPS) is 22.3. The maximum Gasteiger partial charge on any atom is 0.247 e. The Morgan fingerprint density at radius 2 is 1.86 bits per heavy atom. The maximum atomic E-state index is 12.5. The van der Waals surface area contributed by atoms with E-state index in [1.165, 1.54) is 16.7 Å². The number of carbonyl (C=O) groups excluding carboxylic acids is 2. The molecule has 0 bridgehead atoms. The van der Waals surface area contributed by atoms with E-state index in [4.69, 9.17) is 17.0 Å². The van der Waals surface area contributed by atoms with E-state index in [1.54, 1.807) is 12.1 Å². The van der Waals surface area contributed by atoms with Crippen molar-refractivity contribution in [3.8, 4) is 0 Å². The van der Waals surface area contributed by atoms with Crippen molar-refractivity contribution in [2.45, 2.75) is 11.7 Å². The molecule has 1 aromatic carbocycles. The summed E-state index contributed by atoms with van der Waals surface area (Å²) in [6.07, 6.45) is 0.197. The summed E-state index contributed by atoms with van der Waals surface area (Å²) in [7, 11) is 0. The average Bonchev–Trinajstić information content (AvgIpc) is 2.83. The first-order valence-corrected chi connectivity index (χ1v) is 8.41.